The van der Waals surface area contributed by atoms with Crippen molar-refractivity contribution in [2.45, 2.75) is 13.5 Å². The zero-order chi connectivity index (χ0) is 13.0. The zero-order valence-electron chi connectivity index (χ0n) is 9.85. The lowest BCUT2D eigenvalue weighted by atomic mass is 10.2. The molecular weight excluding hydrogens is 248 g/mol. The summed E-state index contributed by atoms with van der Waals surface area (Å²) in [5.74, 6) is 0.606. The molecule has 0 aliphatic carbocycles. The standard InChI is InChI=1S/C14H11ClN2O/c1-10-4-5-14(12(15)7-10)18-9-11-3-2-6-17-13(11)8-16/h2-7H,9H2,1H3. The van der Waals surface area contributed by atoms with Gasteiger partial charge in [0.2, 0.25) is 0 Å². The minimum atomic E-state index is 0.277. The number of rotatable bonds is 3. The molecular formula is C14H11ClN2O. The fraction of sp³-hybridized carbons (Fsp3) is 0.143. The van der Waals surface area contributed by atoms with Gasteiger partial charge in [0.25, 0.3) is 0 Å². The van der Waals surface area contributed by atoms with E-state index in [1.807, 2.05) is 37.3 Å². The van der Waals surface area contributed by atoms with Crippen LogP contribution >= 0.6 is 11.6 Å². The number of pyridine rings is 1. The third-order valence-corrected chi connectivity index (χ3v) is 2.76. The van der Waals surface area contributed by atoms with Gasteiger partial charge in [-0.15, -0.1) is 0 Å². The van der Waals surface area contributed by atoms with Gasteiger partial charge in [0.1, 0.15) is 24.1 Å². The van der Waals surface area contributed by atoms with E-state index < -0.39 is 0 Å². The Hall–Kier alpha value is -2.05. The van der Waals surface area contributed by atoms with Crippen molar-refractivity contribution in [1.29, 1.82) is 5.26 Å². The molecule has 90 valence electrons. The Morgan fingerprint density at radius 2 is 2.22 bits per heavy atom. The predicted octanol–water partition coefficient (Wildman–Crippen LogP) is 3.49. The second-order valence-corrected chi connectivity index (χ2v) is 4.25. The minimum absolute atomic E-state index is 0.277. The van der Waals surface area contributed by atoms with Gasteiger partial charge in [-0.1, -0.05) is 23.7 Å². The molecule has 18 heavy (non-hydrogen) atoms. The summed E-state index contributed by atoms with van der Waals surface area (Å²) >= 11 is 6.06. The molecule has 2 aromatic rings. The molecule has 0 aliphatic heterocycles. The summed E-state index contributed by atoms with van der Waals surface area (Å²) in [5.41, 5.74) is 2.20. The smallest absolute Gasteiger partial charge is 0.147 e. The molecule has 4 heteroatoms. The largest absolute Gasteiger partial charge is 0.487 e. The molecule has 2 rings (SSSR count). The Morgan fingerprint density at radius 1 is 1.39 bits per heavy atom. The molecule has 0 spiro atoms. The Labute approximate surface area is 111 Å². The Kier molecular flexibility index (Phi) is 3.81. The average molecular weight is 259 g/mol. The van der Waals surface area contributed by atoms with Crippen LogP contribution < -0.4 is 4.74 Å². The topological polar surface area (TPSA) is 45.9 Å². The van der Waals surface area contributed by atoms with Gasteiger partial charge >= 0.3 is 0 Å². The number of ether oxygens (including phenoxy) is 1. The summed E-state index contributed by atoms with van der Waals surface area (Å²) in [4.78, 5) is 3.97. The maximum atomic E-state index is 8.91. The molecule has 0 saturated carbocycles. The Morgan fingerprint density at radius 3 is 2.94 bits per heavy atom. The van der Waals surface area contributed by atoms with Crippen molar-refractivity contribution in [3.05, 3.63) is 58.4 Å². The summed E-state index contributed by atoms with van der Waals surface area (Å²) in [6, 6.07) is 11.2. The second-order valence-electron chi connectivity index (χ2n) is 3.85. The van der Waals surface area contributed by atoms with E-state index in [-0.39, 0.29) is 6.61 Å². The first-order valence-corrected chi connectivity index (χ1v) is 5.81. The molecule has 0 fully saturated rings. The lowest BCUT2D eigenvalue weighted by Crippen LogP contribution is -2.00. The van der Waals surface area contributed by atoms with Crippen molar-refractivity contribution in [2.24, 2.45) is 0 Å². The molecule has 0 atom stereocenters. The number of halogens is 1. The third kappa shape index (κ3) is 2.79. The molecule has 0 N–H and O–H groups in total. The maximum Gasteiger partial charge on any atom is 0.147 e. The van der Waals surface area contributed by atoms with Crippen LogP contribution in [0.5, 0.6) is 5.75 Å². The van der Waals surface area contributed by atoms with E-state index in [0.717, 1.165) is 11.1 Å². The number of hydrogen-bond acceptors (Lipinski definition) is 3. The second kappa shape index (κ2) is 5.52. The van der Waals surface area contributed by atoms with Crippen molar-refractivity contribution < 1.29 is 4.74 Å². The van der Waals surface area contributed by atoms with Gasteiger partial charge in [0.15, 0.2) is 0 Å². The maximum absolute atomic E-state index is 8.91. The first kappa shape index (κ1) is 12.4. The molecule has 1 heterocycles. The van der Waals surface area contributed by atoms with E-state index in [1.54, 1.807) is 12.3 Å². The number of aryl methyl sites for hydroxylation is 1. The molecule has 0 bridgehead atoms. The summed E-state index contributed by atoms with van der Waals surface area (Å²) in [6.07, 6.45) is 1.58. The van der Waals surface area contributed by atoms with E-state index in [9.17, 15) is 0 Å². The lowest BCUT2D eigenvalue weighted by Gasteiger charge is -2.09. The highest BCUT2D eigenvalue weighted by atomic mass is 35.5. The first-order chi connectivity index (χ1) is 8.70. The molecule has 0 amide bonds. The van der Waals surface area contributed by atoms with Gasteiger partial charge in [-0.3, -0.25) is 0 Å². The summed E-state index contributed by atoms with van der Waals surface area (Å²) in [6.45, 7) is 2.24. The number of nitrogens with zero attached hydrogens (tertiary/aromatic N) is 2. The molecule has 0 saturated heterocycles. The lowest BCUT2D eigenvalue weighted by molar-refractivity contribution is 0.305. The average Bonchev–Trinajstić information content (AvgIpc) is 2.38. The first-order valence-electron chi connectivity index (χ1n) is 5.43. The van der Waals surface area contributed by atoms with Gasteiger partial charge in [-0.25, -0.2) is 4.98 Å². The van der Waals surface area contributed by atoms with Crippen LogP contribution in [-0.4, -0.2) is 4.98 Å². The SMILES string of the molecule is Cc1ccc(OCc2cccnc2C#N)c(Cl)c1. The number of aromatic nitrogens is 1. The van der Waals surface area contributed by atoms with Gasteiger partial charge in [0.05, 0.1) is 5.02 Å². The molecule has 3 nitrogen and oxygen atoms in total. The summed E-state index contributed by atoms with van der Waals surface area (Å²) in [7, 11) is 0. The van der Waals surface area contributed by atoms with Crippen LogP contribution in [0.1, 0.15) is 16.8 Å². The van der Waals surface area contributed by atoms with Gasteiger partial charge < -0.3 is 4.74 Å². The molecule has 0 aliphatic rings. The van der Waals surface area contributed by atoms with E-state index in [0.29, 0.717) is 16.5 Å². The van der Waals surface area contributed by atoms with Crippen molar-refractivity contribution >= 4 is 11.6 Å². The van der Waals surface area contributed by atoms with Crippen molar-refractivity contribution in [1.82, 2.24) is 4.98 Å². The van der Waals surface area contributed by atoms with Crippen molar-refractivity contribution in [3.63, 3.8) is 0 Å². The van der Waals surface area contributed by atoms with E-state index in [2.05, 4.69) is 4.98 Å². The third-order valence-electron chi connectivity index (χ3n) is 2.47. The van der Waals surface area contributed by atoms with Crippen LogP contribution in [0.25, 0.3) is 0 Å². The van der Waals surface area contributed by atoms with Gasteiger partial charge in [-0.05, 0) is 30.7 Å². The number of nitriles is 1. The van der Waals surface area contributed by atoms with Gasteiger partial charge in [0, 0.05) is 11.8 Å². The molecule has 0 radical (unpaired) electrons. The van der Waals surface area contributed by atoms with Crippen LogP contribution in [0, 0.1) is 18.3 Å². The van der Waals surface area contributed by atoms with Crippen LogP contribution in [0.3, 0.4) is 0 Å². The van der Waals surface area contributed by atoms with Crippen LogP contribution in [-0.2, 0) is 6.61 Å². The van der Waals surface area contributed by atoms with Crippen LogP contribution in [0.2, 0.25) is 5.02 Å². The normalized spacial score (nSPS) is 9.83. The molecule has 1 aromatic carbocycles. The highest BCUT2D eigenvalue weighted by molar-refractivity contribution is 6.32. The van der Waals surface area contributed by atoms with E-state index >= 15 is 0 Å². The highest BCUT2D eigenvalue weighted by Gasteiger charge is 2.05. The van der Waals surface area contributed by atoms with Crippen molar-refractivity contribution in [2.75, 3.05) is 0 Å². The van der Waals surface area contributed by atoms with Crippen LogP contribution in [0.4, 0.5) is 0 Å². The summed E-state index contributed by atoms with van der Waals surface area (Å²) in [5, 5.41) is 9.48. The van der Waals surface area contributed by atoms with E-state index in [1.165, 1.54) is 0 Å². The van der Waals surface area contributed by atoms with E-state index in [4.69, 9.17) is 21.6 Å². The van der Waals surface area contributed by atoms with Crippen molar-refractivity contribution in [3.8, 4) is 11.8 Å². The molecule has 0 unspecified atom stereocenters. The predicted molar refractivity (Wildman–Crippen MR) is 69.5 cm³/mol. The quantitative estimate of drug-likeness (QED) is 0.847. The number of hydrogen-bond donors (Lipinski definition) is 0. The fourth-order valence-corrected chi connectivity index (χ4v) is 1.82. The van der Waals surface area contributed by atoms with Gasteiger partial charge in [-0.2, -0.15) is 5.26 Å². The minimum Gasteiger partial charge on any atom is -0.487 e. The van der Waals surface area contributed by atoms with Crippen LogP contribution in [0.15, 0.2) is 36.5 Å². The fourth-order valence-electron chi connectivity index (χ4n) is 1.53. The Bertz CT molecular complexity index is 605. The summed E-state index contributed by atoms with van der Waals surface area (Å²) < 4.78 is 5.60. The Balaban J connectivity index is 2.14. The highest BCUT2D eigenvalue weighted by Crippen LogP contribution is 2.26. The number of benzene rings is 1. The molecule has 1 aromatic heterocycles. The monoisotopic (exact) mass is 258 g/mol. The zero-order valence-corrected chi connectivity index (χ0v) is 10.6.